The fourth-order valence-electron chi connectivity index (χ4n) is 1.75. The van der Waals surface area contributed by atoms with Gasteiger partial charge in [-0.3, -0.25) is 0 Å². The lowest BCUT2D eigenvalue weighted by atomic mass is 10.1. The molecule has 1 N–H and O–H groups in total. The van der Waals surface area contributed by atoms with Gasteiger partial charge >= 0.3 is 0 Å². The summed E-state index contributed by atoms with van der Waals surface area (Å²) in [7, 11) is 1.70. The summed E-state index contributed by atoms with van der Waals surface area (Å²) in [4.78, 5) is 0. The Bertz CT molecular complexity index is 287. The van der Waals surface area contributed by atoms with Gasteiger partial charge in [0, 0.05) is 12.3 Å². The van der Waals surface area contributed by atoms with Crippen LogP contribution in [-0.4, -0.2) is 26.0 Å². The fraction of sp³-hybridized carbons (Fsp3) is 0.571. The van der Waals surface area contributed by atoms with Gasteiger partial charge in [0.05, 0.1) is 7.11 Å². The average molecular weight is 253 g/mol. The molecule has 0 aliphatic carbocycles. The van der Waals surface area contributed by atoms with Crippen molar-refractivity contribution in [2.45, 2.75) is 25.7 Å². The normalized spacial score (nSPS) is 10.5. The molecule has 0 saturated heterocycles. The van der Waals surface area contributed by atoms with Crippen LogP contribution < -0.4 is 10.1 Å². The lowest BCUT2D eigenvalue weighted by Crippen LogP contribution is -2.17. The summed E-state index contributed by atoms with van der Waals surface area (Å²) in [5, 5.41) is 3.36. The molecule has 1 aromatic carbocycles. The van der Waals surface area contributed by atoms with Gasteiger partial charge in [0.25, 0.3) is 0 Å². The van der Waals surface area contributed by atoms with Crippen LogP contribution in [0, 0.1) is 0 Å². The molecule has 0 atom stereocenters. The van der Waals surface area contributed by atoms with Crippen LogP contribution in [-0.2, 0) is 6.42 Å². The van der Waals surface area contributed by atoms with Crippen LogP contribution in [0.2, 0.25) is 0 Å². The maximum atomic E-state index is 5.14. The molecule has 1 aromatic rings. The quantitative estimate of drug-likeness (QED) is 0.521. The third-order valence-corrected chi connectivity index (χ3v) is 2.99. The molecule has 2 nitrogen and oxygen atoms in total. The number of thiol groups is 1. The van der Waals surface area contributed by atoms with Crippen molar-refractivity contribution in [2.75, 3.05) is 26.0 Å². The molecule has 17 heavy (non-hydrogen) atoms. The molecule has 0 aromatic heterocycles. The van der Waals surface area contributed by atoms with Crippen molar-refractivity contribution in [1.82, 2.24) is 5.32 Å². The molecule has 96 valence electrons. The third-order valence-electron chi connectivity index (χ3n) is 2.77. The average Bonchev–Trinajstić information content (AvgIpc) is 2.38. The summed E-state index contributed by atoms with van der Waals surface area (Å²) >= 11 is 4.16. The highest BCUT2D eigenvalue weighted by Gasteiger charge is 1.95. The van der Waals surface area contributed by atoms with Crippen LogP contribution in [0.4, 0.5) is 0 Å². The second kappa shape index (κ2) is 9.37. The maximum absolute atomic E-state index is 5.14. The van der Waals surface area contributed by atoms with Crippen LogP contribution in [0.25, 0.3) is 0 Å². The number of methoxy groups -OCH3 is 1. The van der Waals surface area contributed by atoms with E-state index in [-0.39, 0.29) is 0 Å². The predicted molar refractivity (Wildman–Crippen MR) is 77.3 cm³/mol. The topological polar surface area (TPSA) is 21.3 Å². The molecular formula is C14H23NOS. The Hall–Kier alpha value is -0.670. The Kier molecular flexibility index (Phi) is 7.93. The summed E-state index contributed by atoms with van der Waals surface area (Å²) in [6.45, 7) is 2.13. The molecule has 0 heterocycles. The van der Waals surface area contributed by atoms with Crippen molar-refractivity contribution in [3.63, 3.8) is 0 Å². The number of nitrogens with one attached hydrogen (secondary N) is 1. The molecule has 0 saturated carbocycles. The number of benzene rings is 1. The zero-order valence-corrected chi connectivity index (χ0v) is 11.5. The van der Waals surface area contributed by atoms with Crippen molar-refractivity contribution in [3.05, 3.63) is 29.8 Å². The molecule has 0 radical (unpaired) electrons. The minimum Gasteiger partial charge on any atom is -0.497 e. The number of ether oxygens (including phenoxy) is 1. The first-order valence-electron chi connectivity index (χ1n) is 6.31. The van der Waals surface area contributed by atoms with Crippen LogP contribution in [0.3, 0.4) is 0 Å². The molecule has 0 bridgehead atoms. The molecule has 0 aliphatic heterocycles. The molecule has 0 unspecified atom stereocenters. The minimum absolute atomic E-state index is 0.922. The summed E-state index contributed by atoms with van der Waals surface area (Å²) in [5.74, 6) is 1.86. The van der Waals surface area contributed by atoms with Crippen LogP contribution in [0.1, 0.15) is 24.8 Å². The summed E-state index contributed by atoms with van der Waals surface area (Å²) in [6, 6.07) is 8.36. The van der Waals surface area contributed by atoms with Gasteiger partial charge in [0.15, 0.2) is 0 Å². The first-order valence-corrected chi connectivity index (χ1v) is 6.94. The number of aryl methyl sites for hydroxylation is 1. The van der Waals surface area contributed by atoms with E-state index in [9.17, 15) is 0 Å². The Morgan fingerprint density at radius 1 is 1.06 bits per heavy atom. The number of unbranched alkanes of at least 4 members (excludes halogenated alkanes) is 2. The highest BCUT2D eigenvalue weighted by Crippen LogP contribution is 2.13. The second-order valence-electron chi connectivity index (χ2n) is 4.13. The molecule has 0 fully saturated rings. The lowest BCUT2D eigenvalue weighted by Gasteiger charge is -2.04. The Balaban J connectivity index is 2.05. The van der Waals surface area contributed by atoms with Crippen LogP contribution in [0.15, 0.2) is 24.3 Å². The second-order valence-corrected chi connectivity index (χ2v) is 4.58. The molecule has 0 aliphatic rings. The van der Waals surface area contributed by atoms with Gasteiger partial charge < -0.3 is 10.1 Å². The maximum Gasteiger partial charge on any atom is 0.118 e. The highest BCUT2D eigenvalue weighted by atomic mass is 32.1. The van der Waals surface area contributed by atoms with Crippen molar-refractivity contribution >= 4 is 12.6 Å². The van der Waals surface area contributed by atoms with E-state index < -0.39 is 0 Å². The third kappa shape index (κ3) is 6.59. The van der Waals surface area contributed by atoms with E-state index >= 15 is 0 Å². The van der Waals surface area contributed by atoms with E-state index in [1.807, 2.05) is 12.1 Å². The molecule has 0 amide bonds. The zero-order chi connectivity index (χ0) is 12.3. The van der Waals surface area contributed by atoms with Crippen molar-refractivity contribution in [3.8, 4) is 5.75 Å². The van der Waals surface area contributed by atoms with Crippen molar-refractivity contribution in [1.29, 1.82) is 0 Å². The smallest absolute Gasteiger partial charge is 0.118 e. The lowest BCUT2D eigenvalue weighted by molar-refractivity contribution is 0.414. The van der Waals surface area contributed by atoms with Crippen LogP contribution in [0.5, 0.6) is 5.75 Å². The largest absolute Gasteiger partial charge is 0.497 e. The van der Waals surface area contributed by atoms with E-state index in [1.54, 1.807) is 7.11 Å². The summed E-state index contributed by atoms with van der Waals surface area (Å²) in [5.41, 5.74) is 1.40. The van der Waals surface area contributed by atoms with E-state index in [4.69, 9.17) is 4.74 Å². The highest BCUT2D eigenvalue weighted by molar-refractivity contribution is 7.80. The number of hydrogen-bond donors (Lipinski definition) is 2. The monoisotopic (exact) mass is 253 g/mol. The zero-order valence-electron chi connectivity index (χ0n) is 10.6. The fourth-order valence-corrected chi connectivity index (χ4v) is 1.91. The first-order chi connectivity index (χ1) is 8.36. The van der Waals surface area contributed by atoms with Gasteiger partial charge in [-0.15, -0.1) is 0 Å². The Morgan fingerprint density at radius 2 is 1.82 bits per heavy atom. The minimum atomic E-state index is 0.922. The Morgan fingerprint density at radius 3 is 2.47 bits per heavy atom. The summed E-state index contributed by atoms with van der Waals surface area (Å²) in [6.07, 6.45) is 4.96. The molecule has 3 heteroatoms. The van der Waals surface area contributed by atoms with Gasteiger partial charge in [0.1, 0.15) is 5.75 Å². The summed E-state index contributed by atoms with van der Waals surface area (Å²) < 4.78 is 5.14. The standard InChI is InChI=1S/C14H23NOS/c1-16-14-8-6-13(7-9-14)5-3-2-4-10-15-11-12-17/h6-9,15,17H,2-5,10-12H2,1H3. The SMILES string of the molecule is COc1ccc(CCCCCNCCS)cc1. The predicted octanol–water partition coefficient (Wildman–Crippen LogP) is 2.93. The molecule has 1 rings (SSSR count). The van der Waals surface area contributed by atoms with Gasteiger partial charge in [0.2, 0.25) is 0 Å². The number of rotatable bonds is 9. The van der Waals surface area contributed by atoms with Gasteiger partial charge in [-0.1, -0.05) is 18.6 Å². The van der Waals surface area contributed by atoms with Crippen molar-refractivity contribution in [2.24, 2.45) is 0 Å². The molecule has 0 spiro atoms. The van der Waals surface area contributed by atoms with Crippen LogP contribution >= 0.6 is 12.6 Å². The first kappa shape index (κ1) is 14.4. The number of hydrogen-bond acceptors (Lipinski definition) is 3. The Labute approximate surface area is 110 Å². The van der Waals surface area contributed by atoms with E-state index in [1.165, 1.54) is 24.8 Å². The van der Waals surface area contributed by atoms with E-state index in [2.05, 4.69) is 30.1 Å². The van der Waals surface area contributed by atoms with Gasteiger partial charge in [-0.05, 0) is 43.5 Å². The van der Waals surface area contributed by atoms with Crippen molar-refractivity contribution < 1.29 is 4.74 Å². The molecular weight excluding hydrogens is 230 g/mol. The van der Waals surface area contributed by atoms with E-state index in [0.29, 0.717) is 0 Å². The van der Waals surface area contributed by atoms with Gasteiger partial charge in [-0.2, -0.15) is 12.6 Å². The van der Waals surface area contributed by atoms with E-state index in [0.717, 1.165) is 31.0 Å². The van der Waals surface area contributed by atoms with Gasteiger partial charge in [-0.25, -0.2) is 0 Å².